The van der Waals surface area contributed by atoms with E-state index in [2.05, 4.69) is 4.98 Å². The Bertz CT molecular complexity index is 602. The molecule has 0 amide bonds. The highest BCUT2D eigenvalue weighted by molar-refractivity contribution is 6.05. The van der Waals surface area contributed by atoms with Gasteiger partial charge in [-0.15, -0.1) is 0 Å². The quantitative estimate of drug-likeness (QED) is 0.612. The van der Waals surface area contributed by atoms with E-state index in [-0.39, 0.29) is 29.6 Å². The molecule has 0 aliphatic heterocycles. The van der Waals surface area contributed by atoms with E-state index in [1.807, 2.05) is 0 Å². The van der Waals surface area contributed by atoms with Crippen LogP contribution in [0.1, 0.15) is 29.5 Å². The van der Waals surface area contributed by atoms with E-state index in [0.29, 0.717) is 6.54 Å². The minimum absolute atomic E-state index is 0.152. The van der Waals surface area contributed by atoms with Gasteiger partial charge in [0.25, 0.3) is 0 Å². The summed E-state index contributed by atoms with van der Waals surface area (Å²) in [6.45, 7) is 1.78. The van der Waals surface area contributed by atoms with Crippen LogP contribution in [-0.2, 0) is 11.3 Å². The molecule has 0 saturated heterocycles. The molecule has 0 radical (unpaired) electrons. The van der Waals surface area contributed by atoms with Gasteiger partial charge in [0, 0.05) is 18.9 Å². The normalized spacial score (nSPS) is 10.4. The molecule has 19 heavy (non-hydrogen) atoms. The minimum Gasteiger partial charge on any atom is -0.324 e. The lowest BCUT2D eigenvalue weighted by Gasteiger charge is -2.06. The van der Waals surface area contributed by atoms with Crippen molar-refractivity contribution in [1.82, 2.24) is 9.55 Å². The monoisotopic (exact) mass is 260 g/mol. The van der Waals surface area contributed by atoms with Gasteiger partial charge >= 0.3 is 0 Å². The lowest BCUT2D eigenvalue weighted by Crippen LogP contribution is -2.13. The van der Waals surface area contributed by atoms with E-state index < -0.39 is 0 Å². The summed E-state index contributed by atoms with van der Waals surface area (Å²) < 4.78 is 14.5. The Balaban J connectivity index is 2.17. The molecule has 1 aromatic carbocycles. The standard InChI is InChI=1S/C14H13FN2O2/c1-10(18)8-13(19)14-16-6-7-17(14)9-11-2-4-12(15)5-3-11/h2-7H,8-9H2,1H3. The van der Waals surface area contributed by atoms with Crippen LogP contribution in [0.2, 0.25) is 0 Å². The van der Waals surface area contributed by atoms with Crippen LogP contribution in [-0.4, -0.2) is 21.1 Å². The summed E-state index contributed by atoms with van der Waals surface area (Å²) in [5, 5.41) is 0. The summed E-state index contributed by atoms with van der Waals surface area (Å²) in [7, 11) is 0. The van der Waals surface area contributed by atoms with Crippen molar-refractivity contribution in [1.29, 1.82) is 0 Å². The molecule has 0 saturated carbocycles. The molecule has 0 atom stereocenters. The van der Waals surface area contributed by atoms with E-state index >= 15 is 0 Å². The zero-order chi connectivity index (χ0) is 13.8. The van der Waals surface area contributed by atoms with Gasteiger partial charge in [-0.3, -0.25) is 9.59 Å². The van der Waals surface area contributed by atoms with Gasteiger partial charge in [0.15, 0.2) is 5.82 Å². The second-order valence-corrected chi connectivity index (χ2v) is 4.31. The van der Waals surface area contributed by atoms with Crippen molar-refractivity contribution in [2.24, 2.45) is 0 Å². The minimum atomic E-state index is -0.306. The zero-order valence-corrected chi connectivity index (χ0v) is 10.5. The number of rotatable bonds is 5. The molecule has 2 aromatic rings. The molecule has 0 N–H and O–H groups in total. The summed E-state index contributed by atoms with van der Waals surface area (Å²) >= 11 is 0. The van der Waals surface area contributed by atoms with E-state index in [9.17, 15) is 14.0 Å². The van der Waals surface area contributed by atoms with E-state index in [0.717, 1.165) is 5.56 Å². The van der Waals surface area contributed by atoms with Crippen LogP contribution < -0.4 is 0 Å². The van der Waals surface area contributed by atoms with Gasteiger partial charge in [-0.05, 0) is 24.6 Å². The van der Waals surface area contributed by atoms with Crippen molar-refractivity contribution in [3.63, 3.8) is 0 Å². The van der Waals surface area contributed by atoms with Crippen LogP contribution in [0.5, 0.6) is 0 Å². The first kappa shape index (κ1) is 13.1. The highest BCUT2D eigenvalue weighted by Gasteiger charge is 2.14. The Hall–Kier alpha value is -2.30. The molecule has 0 aliphatic rings. The molecule has 0 spiro atoms. The zero-order valence-electron chi connectivity index (χ0n) is 10.5. The topological polar surface area (TPSA) is 52.0 Å². The molecule has 4 nitrogen and oxygen atoms in total. The summed E-state index contributed by atoms with van der Waals surface area (Å²) in [5.74, 6) is -0.553. The third-order valence-corrected chi connectivity index (χ3v) is 2.64. The Morgan fingerprint density at radius 3 is 2.58 bits per heavy atom. The van der Waals surface area contributed by atoms with Gasteiger partial charge in [0.2, 0.25) is 5.78 Å². The number of Topliss-reactive ketones (excluding diaryl/α,β-unsaturated/α-hetero) is 2. The first-order valence-electron chi connectivity index (χ1n) is 5.84. The fourth-order valence-corrected chi connectivity index (χ4v) is 1.78. The number of ketones is 2. The van der Waals surface area contributed by atoms with E-state index in [4.69, 9.17) is 0 Å². The number of imidazole rings is 1. The molecular formula is C14H13FN2O2. The average molecular weight is 260 g/mol. The smallest absolute Gasteiger partial charge is 0.205 e. The van der Waals surface area contributed by atoms with Crippen LogP contribution in [0.25, 0.3) is 0 Å². The maximum absolute atomic E-state index is 12.8. The summed E-state index contributed by atoms with van der Waals surface area (Å²) in [4.78, 5) is 26.7. The van der Waals surface area contributed by atoms with Gasteiger partial charge in [-0.25, -0.2) is 9.37 Å². The summed E-state index contributed by atoms with van der Waals surface area (Å²) in [5.41, 5.74) is 0.858. The maximum Gasteiger partial charge on any atom is 0.205 e. The van der Waals surface area contributed by atoms with Crippen LogP contribution in [0, 0.1) is 5.82 Å². The van der Waals surface area contributed by atoms with E-state index in [1.54, 1.807) is 22.9 Å². The number of hydrogen-bond donors (Lipinski definition) is 0. The molecule has 0 aliphatic carbocycles. The van der Waals surface area contributed by atoms with Crippen LogP contribution >= 0.6 is 0 Å². The van der Waals surface area contributed by atoms with Crippen molar-refractivity contribution in [2.45, 2.75) is 19.9 Å². The molecule has 0 fully saturated rings. The second kappa shape index (κ2) is 5.56. The highest BCUT2D eigenvalue weighted by Crippen LogP contribution is 2.09. The third kappa shape index (κ3) is 3.34. The predicted molar refractivity (Wildman–Crippen MR) is 67.4 cm³/mol. The Kier molecular flexibility index (Phi) is 3.85. The number of benzene rings is 1. The molecular weight excluding hydrogens is 247 g/mol. The first-order chi connectivity index (χ1) is 9.06. The number of hydrogen-bond acceptors (Lipinski definition) is 3. The molecule has 1 heterocycles. The lowest BCUT2D eigenvalue weighted by molar-refractivity contribution is -0.116. The van der Waals surface area contributed by atoms with Gasteiger partial charge in [0.05, 0.1) is 6.42 Å². The average Bonchev–Trinajstić information content (AvgIpc) is 2.79. The SMILES string of the molecule is CC(=O)CC(=O)c1nccn1Cc1ccc(F)cc1. The molecule has 5 heteroatoms. The molecule has 0 bridgehead atoms. The molecule has 2 rings (SSSR count). The molecule has 0 unspecified atom stereocenters. The highest BCUT2D eigenvalue weighted by atomic mass is 19.1. The largest absolute Gasteiger partial charge is 0.324 e. The van der Waals surface area contributed by atoms with Gasteiger partial charge in [-0.2, -0.15) is 0 Å². The lowest BCUT2D eigenvalue weighted by atomic mass is 10.2. The summed E-state index contributed by atoms with van der Waals surface area (Å²) in [6.07, 6.45) is 3.02. The maximum atomic E-state index is 12.8. The van der Waals surface area contributed by atoms with Crippen molar-refractivity contribution in [2.75, 3.05) is 0 Å². The van der Waals surface area contributed by atoms with Crippen LogP contribution in [0.4, 0.5) is 4.39 Å². The van der Waals surface area contributed by atoms with Gasteiger partial charge in [0.1, 0.15) is 11.6 Å². The first-order valence-corrected chi connectivity index (χ1v) is 5.84. The second-order valence-electron chi connectivity index (χ2n) is 4.31. The van der Waals surface area contributed by atoms with Crippen LogP contribution in [0.15, 0.2) is 36.7 Å². The van der Waals surface area contributed by atoms with Crippen molar-refractivity contribution < 1.29 is 14.0 Å². The Labute approximate surface area is 109 Å². The third-order valence-electron chi connectivity index (χ3n) is 2.64. The molecule has 98 valence electrons. The van der Waals surface area contributed by atoms with Crippen molar-refractivity contribution >= 4 is 11.6 Å². The Morgan fingerprint density at radius 1 is 1.26 bits per heavy atom. The number of nitrogens with zero attached hydrogens (tertiary/aromatic N) is 2. The number of aromatic nitrogens is 2. The number of halogens is 1. The number of carbonyl (C=O) groups is 2. The van der Waals surface area contributed by atoms with Crippen LogP contribution in [0.3, 0.4) is 0 Å². The number of carbonyl (C=O) groups excluding carboxylic acids is 2. The fraction of sp³-hybridized carbons (Fsp3) is 0.214. The fourth-order valence-electron chi connectivity index (χ4n) is 1.78. The summed E-state index contributed by atoms with van der Waals surface area (Å²) in [6, 6.07) is 6.02. The van der Waals surface area contributed by atoms with Crippen molar-refractivity contribution in [3.05, 3.63) is 53.9 Å². The van der Waals surface area contributed by atoms with Crippen molar-refractivity contribution in [3.8, 4) is 0 Å². The van der Waals surface area contributed by atoms with Gasteiger partial charge < -0.3 is 4.57 Å². The molecule has 1 aromatic heterocycles. The van der Waals surface area contributed by atoms with E-state index in [1.165, 1.54) is 25.3 Å². The predicted octanol–water partition coefficient (Wildman–Crippen LogP) is 2.23. The Morgan fingerprint density at radius 2 is 1.95 bits per heavy atom. The van der Waals surface area contributed by atoms with Gasteiger partial charge in [-0.1, -0.05) is 12.1 Å².